The highest BCUT2D eigenvalue weighted by atomic mass is 14.0. The largest absolute Gasteiger partial charge is 0.0810 e. The van der Waals surface area contributed by atoms with Crippen LogP contribution >= 0.6 is 0 Å². The van der Waals surface area contributed by atoms with Crippen molar-refractivity contribution in [3.63, 3.8) is 0 Å². The summed E-state index contributed by atoms with van der Waals surface area (Å²) in [5, 5.41) is 0. The van der Waals surface area contributed by atoms with Crippen LogP contribution in [0.15, 0.2) is 35.5 Å². The quantitative estimate of drug-likeness (QED) is 0.516. The molecule has 0 amide bonds. The summed E-state index contributed by atoms with van der Waals surface area (Å²) in [6, 6.07) is 0. The third kappa shape index (κ3) is 1.60. The molecular formula is C10H14. The van der Waals surface area contributed by atoms with Crippen molar-refractivity contribution < 1.29 is 0 Å². The van der Waals surface area contributed by atoms with Gasteiger partial charge in [0.15, 0.2) is 0 Å². The van der Waals surface area contributed by atoms with Gasteiger partial charge in [0, 0.05) is 0 Å². The van der Waals surface area contributed by atoms with Gasteiger partial charge in [-0.2, -0.15) is 0 Å². The molecule has 0 heterocycles. The molecule has 0 saturated heterocycles. The van der Waals surface area contributed by atoms with Gasteiger partial charge in [0.25, 0.3) is 0 Å². The molecule has 0 atom stereocenters. The first kappa shape index (κ1) is 7.33. The molecule has 0 aromatic heterocycles. The molecule has 1 aliphatic carbocycles. The molecule has 54 valence electrons. The maximum atomic E-state index is 2.30. The maximum Gasteiger partial charge on any atom is -0.00949 e. The second-order valence-corrected chi connectivity index (χ2v) is 2.62. The van der Waals surface area contributed by atoms with Gasteiger partial charge in [-0.15, -0.1) is 0 Å². The second-order valence-electron chi connectivity index (χ2n) is 2.62. The lowest BCUT2D eigenvalue weighted by atomic mass is 9.99. The average molecular weight is 134 g/mol. The average Bonchev–Trinajstić information content (AvgIpc) is 1.94. The molecule has 10 heavy (non-hydrogen) atoms. The standard InChI is InChI=1S/C10H14/c1-3-6-10-8-5-4-7-9(10)2/h4-7H,3,8H2,1-2H3/b10-6-. The highest BCUT2D eigenvalue weighted by Gasteiger charge is 1.98. The van der Waals surface area contributed by atoms with Crippen molar-refractivity contribution >= 4 is 0 Å². The van der Waals surface area contributed by atoms with Gasteiger partial charge in [0.05, 0.1) is 0 Å². The Balaban J connectivity index is 2.73. The highest BCUT2D eigenvalue weighted by Crippen LogP contribution is 2.18. The van der Waals surface area contributed by atoms with E-state index in [4.69, 9.17) is 0 Å². The van der Waals surface area contributed by atoms with Crippen molar-refractivity contribution in [3.8, 4) is 0 Å². The number of allylic oxidation sites excluding steroid dienone is 6. The van der Waals surface area contributed by atoms with E-state index in [-0.39, 0.29) is 0 Å². The molecule has 0 unspecified atom stereocenters. The summed E-state index contributed by atoms with van der Waals surface area (Å²) in [7, 11) is 0. The van der Waals surface area contributed by atoms with Crippen molar-refractivity contribution in [2.24, 2.45) is 0 Å². The molecule has 0 nitrogen and oxygen atoms in total. The van der Waals surface area contributed by atoms with Crippen molar-refractivity contribution in [2.75, 3.05) is 0 Å². The molecule has 0 radical (unpaired) electrons. The predicted molar refractivity (Wildman–Crippen MR) is 45.9 cm³/mol. The first-order valence-electron chi connectivity index (χ1n) is 3.87. The van der Waals surface area contributed by atoms with Crippen LogP contribution in [0, 0.1) is 0 Å². The van der Waals surface area contributed by atoms with E-state index < -0.39 is 0 Å². The van der Waals surface area contributed by atoms with Crippen LogP contribution in [0.2, 0.25) is 0 Å². The van der Waals surface area contributed by atoms with Crippen molar-refractivity contribution in [1.29, 1.82) is 0 Å². The third-order valence-electron chi connectivity index (χ3n) is 1.78. The fraction of sp³-hybridized carbons (Fsp3) is 0.400. The molecule has 1 rings (SSSR count). The van der Waals surface area contributed by atoms with Gasteiger partial charge in [-0.25, -0.2) is 0 Å². The smallest absolute Gasteiger partial charge is 0.00949 e. The summed E-state index contributed by atoms with van der Waals surface area (Å²) in [6.07, 6.45) is 11.1. The highest BCUT2D eigenvalue weighted by molar-refractivity contribution is 5.37. The minimum Gasteiger partial charge on any atom is -0.0810 e. The van der Waals surface area contributed by atoms with Crippen molar-refractivity contribution in [3.05, 3.63) is 35.5 Å². The summed E-state index contributed by atoms with van der Waals surface area (Å²) < 4.78 is 0. The Hall–Kier alpha value is -0.780. The fourth-order valence-corrected chi connectivity index (χ4v) is 1.17. The maximum absolute atomic E-state index is 2.30. The van der Waals surface area contributed by atoms with Crippen LogP contribution in [0.25, 0.3) is 0 Å². The Morgan fingerprint density at radius 1 is 1.60 bits per heavy atom. The molecular weight excluding hydrogens is 120 g/mol. The van der Waals surface area contributed by atoms with Crippen LogP contribution in [0.3, 0.4) is 0 Å². The van der Waals surface area contributed by atoms with E-state index in [0.717, 1.165) is 12.8 Å². The minimum absolute atomic E-state index is 1.12. The summed E-state index contributed by atoms with van der Waals surface area (Å²) in [6.45, 7) is 4.35. The zero-order valence-corrected chi connectivity index (χ0v) is 6.72. The molecule has 0 N–H and O–H groups in total. The van der Waals surface area contributed by atoms with E-state index in [9.17, 15) is 0 Å². The Morgan fingerprint density at radius 3 is 3.00 bits per heavy atom. The molecule has 0 aliphatic heterocycles. The lowest BCUT2D eigenvalue weighted by Gasteiger charge is -2.07. The summed E-state index contributed by atoms with van der Waals surface area (Å²) >= 11 is 0. The van der Waals surface area contributed by atoms with Crippen LogP contribution in [0.1, 0.15) is 26.7 Å². The predicted octanol–water partition coefficient (Wildman–Crippen LogP) is 3.23. The zero-order valence-electron chi connectivity index (χ0n) is 6.72. The van der Waals surface area contributed by atoms with Crippen molar-refractivity contribution in [1.82, 2.24) is 0 Å². The lowest BCUT2D eigenvalue weighted by Crippen LogP contribution is -1.87. The SMILES string of the molecule is CC/C=C1/CC=CC=C1C. The number of hydrogen-bond donors (Lipinski definition) is 0. The van der Waals surface area contributed by atoms with E-state index in [0.29, 0.717) is 0 Å². The van der Waals surface area contributed by atoms with Gasteiger partial charge in [0.1, 0.15) is 0 Å². The second kappa shape index (κ2) is 3.40. The van der Waals surface area contributed by atoms with Crippen molar-refractivity contribution in [2.45, 2.75) is 26.7 Å². The fourth-order valence-electron chi connectivity index (χ4n) is 1.17. The molecule has 0 saturated carbocycles. The van der Waals surface area contributed by atoms with Crippen LogP contribution < -0.4 is 0 Å². The molecule has 1 aliphatic rings. The normalized spacial score (nSPS) is 21.4. The van der Waals surface area contributed by atoms with E-state index in [2.05, 4.69) is 38.2 Å². The molecule has 0 aromatic rings. The minimum atomic E-state index is 1.12. The van der Waals surface area contributed by atoms with Crippen LogP contribution in [0.5, 0.6) is 0 Å². The van der Waals surface area contributed by atoms with Gasteiger partial charge in [-0.05, 0) is 30.9 Å². The molecule has 0 aromatic carbocycles. The van der Waals surface area contributed by atoms with Gasteiger partial charge in [-0.1, -0.05) is 31.2 Å². The van der Waals surface area contributed by atoms with Crippen LogP contribution in [0.4, 0.5) is 0 Å². The first-order valence-corrected chi connectivity index (χ1v) is 3.87. The first-order chi connectivity index (χ1) is 4.84. The zero-order chi connectivity index (χ0) is 7.40. The monoisotopic (exact) mass is 134 g/mol. The number of hydrogen-bond acceptors (Lipinski definition) is 0. The van der Waals surface area contributed by atoms with E-state index in [1.807, 2.05) is 0 Å². The van der Waals surface area contributed by atoms with Crippen LogP contribution in [-0.4, -0.2) is 0 Å². The Morgan fingerprint density at radius 2 is 2.40 bits per heavy atom. The summed E-state index contributed by atoms with van der Waals surface area (Å²) in [4.78, 5) is 0. The molecule has 0 spiro atoms. The van der Waals surface area contributed by atoms with Gasteiger partial charge in [-0.3, -0.25) is 0 Å². The molecule has 0 heteroatoms. The summed E-state index contributed by atoms with van der Waals surface area (Å²) in [5.41, 5.74) is 2.91. The third-order valence-corrected chi connectivity index (χ3v) is 1.78. The summed E-state index contributed by atoms with van der Waals surface area (Å²) in [5.74, 6) is 0. The van der Waals surface area contributed by atoms with E-state index in [1.165, 1.54) is 11.1 Å². The van der Waals surface area contributed by atoms with E-state index >= 15 is 0 Å². The van der Waals surface area contributed by atoms with E-state index in [1.54, 1.807) is 0 Å². The lowest BCUT2D eigenvalue weighted by molar-refractivity contribution is 1.11. The van der Waals surface area contributed by atoms with Gasteiger partial charge < -0.3 is 0 Å². The number of rotatable bonds is 1. The van der Waals surface area contributed by atoms with Gasteiger partial charge >= 0.3 is 0 Å². The Kier molecular flexibility index (Phi) is 2.49. The topological polar surface area (TPSA) is 0 Å². The molecule has 0 bridgehead atoms. The van der Waals surface area contributed by atoms with Gasteiger partial charge in [0.2, 0.25) is 0 Å². The Labute approximate surface area is 62.9 Å². The molecule has 0 fully saturated rings. The van der Waals surface area contributed by atoms with Crippen LogP contribution in [-0.2, 0) is 0 Å². The Bertz CT molecular complexity index is 192.